The lowest BCUT2D eigenvalue weighted by Gasteiger charge is -2.17. The van der Waals surface area contributed by atoms with Crippen molar-refractivity contribution in [2.75, 3.05) is 0 Å². The first-order valence-corrected chi connectivity index (χ1v) is 6.18. The van der Waals surface area contributed by atoms with Gasteiger partial charge in [0.2, 0.25) is 0 Å². The Morgan fingerprint density at radius 1 is 1.20 bits per heavy atom. The Bertz CT molecular complexity index is 611. The first-order valence-electron chi connectivity index (χ1n) is 6.18. The van der Waals surface area contributed by atoms with Crippen molar-refractivity contribution in [2.45, 2.75) is 31.2 Å². The normalized spacial score (nSPS) is 16.9. The summed E-state index contributed by atoms with van der Waals surface area (Å²) in [5.41, 5.74) is 5.54. The quantitative estimate of drug-likeness (QED) is 0.925. The summed E-state index contributed by atoms with van der Waals surface area (Å²) in [6.45, 7) is 0. The van der Waals surface area contributed by atoms with Gasteiger partial charge in [0.15, 0.2) is 17.5 Å². The Hall–Kier alpha value is -1.53. The molecule has 2 N–H and O–H groups in total. The van der Waals surface area contributed by atoms with Gasteiger partial charge in [-0.2, -0.15) is 4.98 Å². The van der Waals surface area contributed by atoms with Crippen LogP contribution >= 0.6 is 12.4 Å². The third-order valence-corrected chi connectivity index (χ3v) is 3.55. The summed E-state index contributed by atoms with van der Waals surface area (Å²) in [5.74, 6) is -1.61. The van der Waals surface area contributed by atoms with Gasteiger partial charge in [0, 0.05) is 0 Å². The Labute approximate surface area is 120 Å². The van der Waals surface area contributed by atoms with E-state index in [4.69, 9.17) is 10.3 Å². The Morgan fingerprint density at radius 3 is 2.60 bits per heavy atom. The van der Waals surface area contributed by atoms with Crippen LogP contribution in [0.1, 0.15) is 31.5 Å². The van der Waals surface area contributed by atoms with Crippen molar-refractivity contribution in [1.82, 2.24) is 10.1 Å². The summed E-state index contributed by atoms with van der Waals surface area (Å²) in [6, 6.07) is 3.83. The molecule has 1 saturated carbocycles. The monoisotopic (exact) mass is 301 g/mol. The molecule has 0 spiro atoms. The first-order chi connectivity index (χ1) is 9.10. The molecule has 3 rings (SSSR count). The molecule has 0 unspecified atom stereocenters. The van der Waals surface area contributed by atoms with Crippen LogP contribution in [-0.4, -0.2) is 10.1 Å². The highest BCUT2D eigenvalue weighted by atomic mass is 35.5. The zero-order valence-electron chi connectivity index (χ0n) is 10.6. The zero-order chi connectivity index (χ0) is 13.5. The lowest BCUT2D eigenvalue weighted by atomic mass is 9.99. The van der Waals surface area contributed by atoms with Crippen molar-refractivity contribution in [3.8, 4) is 11.5 Å². The van der Waals surface area contributed by atoms with Crippen LogP contribution in [0.5, 0.6) is 0 Å². The van der Waals surface area contributed by atoms with E-state index in [0.29, 0.717) is 5.82 Å². The maximum atomic E-state index is 13.6. The average molecular weight is 302 g/mol. The highest BCUT2D eigenvalue weighted by Crippen LogP contribution is 2.35. The van der Waals surface area contributed by atoms with Gasteiger partial charge in [0.25, 0.3) is 5.89 Å². The number of hydrogen-bond donors (Lipinski definition) is 1. The van der Waals surface area contributed by atoms with E-state index in [-0.39, 0.29) is 23.9 Å². The summed E-state index contributed by atoms with van der Waals surface area (Å²) in [4.78, 5) is 4.13. The SMILES string of the molecule is Cl.NC1(c2noc(-c3cccc(F)c3F)n2)CCCC1. The predicted octanol–water partition coefficient (Wildman–Crippen LogP) is 3.16. The van der Waals surface area contributed by atoms with Crippen LogP contribution in [0, 0.1) is 11.6 Å². The van der Waals surface area contributed by atoms with Crippen LogP contribution in [0.25, 0.3) is 11.5 Å². The Morgan fingerprint density at radius 2 is 1.90 bits per heavy atom. The predicted molar refractivity (Wildman–Crippen MR) is 71.2 cm³/mol. The molecule has 0 aliphatic heterocycles. The second-order valence-corrected chi connectivity index (χ2v) is 4.89. The van der Waals surface area contributed by atoms with E-state index in [1.165, 1.54) is 12.1 Å². The smallest absolute Gasteiger partial charge is 0.261 e. The van der Waals surface area contributed by atoms with Crippen molar-refractivity contribution in [3.63, 3.8) is 0 Å². The summed E-state index contributed by atoms with van der Waals surface area (Å²) in [6.07, 6.45) is 3.57. The summed E-state index contributed by atoms with van der Waals surface area (Å²) < 4.78 is 31.8. The standard InChI is InChI=1S/C13H13F2N3O.ClH/c14-9-5-3-4-8(10(9)15)11-17-12(18-19-11)13(16)6-1-2-7-13;/h3-5H,1-2,6-7,16H2;1H. The van der Waals surface area contributed by atoms with Crippen molar-refractivity contribution >= 4 is 12.4 Å². The number of nitrogens with two attached hydrogens (primary N) is 1. The van der Waals surface area contributed by atoms with Crippen LogP contribution in [-0.2, 0) is 5.54 Å². The highest BCUT2D eigenvalue weighted by molar-refractivity contribution is 5.85. The van der Waals surface area contributed by atoms with E-state index in [9.17, 15) is 8.78 Å². The molecule has 20 heavy (non-hydrogen) atoms. The second kappa shape index (κ2) is 5.46. The van der Waals surface area contributed by atoms with Crippen LogP contribution in [0.2, 0.25) is 0 Å². The highest BCUT2D eigenvalue weighted by Gasteiger charge is 2.36. The van der Waals surface area contributed by atoms with Crippen molar-refractivity contribution < 1.29 is 13.3 Å². The molecular formula is C13H14ClF2N3O. The molecule has 7 heteroatoms. The fourth-order valence-corrected chi connectivity index (χ4v) is 2.43. The lowest BCUT2D eigenvalue weighted by molar-refractivity contribution is 0.371. The minimum absolute atomic E-state index is 0. The van der Waals surface area contributed by atoms with Gasteiger partial charge in [-0.25, -0.2) is 8.78 Å². The van der Waals surface area contributed by atoms with E-state index in [2.05, 4.69) is 10.1 Å². The van der Waals surface area contributed by atoms with E-state index >= 15 is 0 Å². The van der Waals surface area contributed by atoms with Gasteiger partial charge in [0.1, 0.15) is 0 Å². The molecule has 0 radical (unpaired) electrons. The van der Waals surface area contributed by atoms with Gasteiger partial charge in [-0.15, -0.1) is 12.4 Å². The van der Waals surface area contributed by atoms with Gasteiger partial charge in [0.05, 0.1) is 11.1 Å². The van der Waals surface area contributed by atoms with Gasteiger partial charge >= 0.3 is 0 Å². The molecule has 0 atom stereocenters. The number of halogens is 3. The minimum atomic E-state index is -0.991. The molecule has 1 aliphatic rings. The fourth-order valence-electron chi connectivity index (χ4n) is 2.43. The second-order valence-electron chi connectivity index (χ2n) is 4.89. The molecular weight excluding hydrogens is 288 g/mol. The molecule has 1 fully saturated rings. The van der Waals surface area contributed by atoms with Gasteiger partial charge in [-0.3, -0.25) is 0 Å². The maximum absolute atomic E-state index is 13.6. The third kappa shape index (κ3) is 2.41. The molecule has 1 heterocycles. The van der Waals surface area contributed by atoms with Crippen molar-refractivity contribution in [3.05, 3.63) is 35.7 Å². The maximum Gasteiger partial charge on any atom is 0.261 e. The van der Waals surface area contributed by atoms with Crippen molar-refractivity contribution in [1.29, 1.82) is 0 Å². The molecule has 0 saturated heterocycles. The molecule has 1 aromatic heterocycles. The van der Waals surface area contributed by atoms with Gasteiger partial charge in [-0.05, 0) is 25.0 Å². The number of nitrogens with zero attached hydrogens (tertiary/aromatic N) is 2. The summed E-state index contributed by atoms with van der Waals surface area (Å²) >= 11 is 0. The number of hydrogen-bond acceptors (Lipinski definition) is 4. The van der Waals surface area contributed by atoms with Crippen LogP contribution < -0.4 is 5.73 Å². The minimum Gasteiger partial charge on any atom is -0.334 e. The Balaban J connectivity index is 0.00000147. The number of benzene rings is 1. The summed E-state index contributed by atoms with van der Waals surface area (Å²) in [7, 11) is 0. The Kier molecular flexibility index (Phi) is 4.06. The zero-order valence-corrected chi connectivity index (χ0v) is 11.4. The molecule has 4 nitrogen and oxygen atoms in total. The first kappa shape index (κ1) is 14.9. The van der Waals surface area contributed by atoms with E-state index in [1.54, 1.807) is 0 Å². The largest absolute Gasteiger partial charge is 0.334 e. The molecule has 0 bridgehead atoms. The van der Waals surface area contributed by atoms with Crippen LogP contribution in [0.15, 0.2) is 22.7 Å². The van der Waals surface area contributed by atoms with Crippen molar-refractivity contribution in [2.24, 2.45) is 5.73 Å². The fraction of sp³-hybridized carbons (Fsp3) is 0.385. The van der Waals surface area contributed by atoms with E-state index in [0.717, 1.165) is 31.7 Å². The molecule has 1 aromatic carbocycles. The molecule has 108 valence electrons. The number of aromatic nitrogens is 2. The topological polar surface area (TPSA) is 64.9 Å². The summed E-state index contributed by atoms with van der Waals surface area (Å²) in [5, 5.41) is 3.82. The van der Waals surface area contributed by atoms with E-state index in [1.807, 2.05) is 0 Å². The van der Waals surface area contributed by atoms with Gasteiger partial charge < -0.3 is 10.3 Å². The molecule has 0 amide bonds. The van der Waals surface area contributed by atoms with Crippen LogP contribution in [0.3, 0.4) is 0 Å². The molecule has 2 aromatic rings. The van der Waals surface area contributed by atoms with Gasteiger partial charge in [-0.1, -0.05) is 24.1 Å². The third-order valence-electron chi connectivity index (χ3n) is 3.55. The van der Waals surface area contributed by atoms with Crippen LogP contribution in [0.4, 0.5) is 8.78 Å². The van der Waals surface area contributed by atoms with E-state index < -0.39 is 17.2 Å². The number of rotatable bonds is 2. The lowest BCUT2D eigenvalue weighted by Crippen LogP contribution is -2.34. The molecule has 1 aliphatic carbocycles. The average Bonchev–Trinajstić information content (AvgIpc) is 3.02.